The zero-order valence-corrected chi connectivity index (χ0v) is 24.0. The second-order valence-electron chi connectivity index (χ2n) is 9.63. The van der Waals surface area contributed by atoms with E-state index in [4.69, 9.17) is 15.2 Å². The van der Waals surface area contributed by atoms with Gasteiger partial charge in [0.2, 0.25) is 5.91 Å². The quantitative estimate of drug-likeness (QED) is 0.212. The molecule has 0 atom stereocenters. The molecule has 0 unspecified atom stereocenters. The molecule has 236 valence electrons. The van der Waals surface area contributed by atoms with Gasteiger partial charge in [0.1, 0.15) is 6.54 Å². The number of fused-ring (bicyclic) bond motifs is 1. The van der Waals surface area contributed by atoms with Crippen LogP contribution in [0.1, 0.15) is 28.5 Å². The van der Waals surface area contributed by atoms with Gasteiger partial charge in [0.25, 0.3) is 12.4 Å². The number of anilines is 2. The SMILES string of the molecule is CCc1cc(Nc2nccn3c(-c4cn(CC#N)nc4C(F)(F)F)cnc23)ccc1C(=O)NCC(=O)N1CCNCC1.O=CO. The molecule has 1 saturated heterocycles. The molecule has 1 aromatic carbocycles. The summed E-state index contributed by atoms with van der Waals surface area (Å²) in [5, 5.41) is 28.4. The second-order valence-corrected chi connectivity index (χ2v) is 9.63. The van der Waals surface area contributed by atoms with Gasteiger partial charge in [-0.1, -0.05) is 6.92 Å². The molecule has 1 aliphatic rings. The maximum Gasteiger partial charge on any atom is 0.435 e. The van der Waals surface area contributed by atoms with E-state index in [1.165, 1.54) is 23.0 Å². The molecule has 1 fully saturated rings. The Kier molecular flexibility index (Phi) is 10.3. The van der Waals surface area contributed by atoms with Crippen LogP contribution in [0.4, 0.5) is 24.7 Å². The van der Waals surface area contributed by atoms with Gasteiger partial charge in [-0.25, -0.2) is 9.97 Å². The number of benzene rings is 1. The monoisotopic (exact) mass is 626 g/mol. The van der Waals surface area contributed by atoms with E-state index in [2.05, 4.69) is 31.0 Å². The summed E-state index contributed by atoms with van der Waals surface area (Å²) in [4.78, 5) is 44.0. The van der Waals surface area contributed by atoms with Gasteiger partial charge in [-0.05, 0) is 30.2 Å². The van der Waals surface area contributed by atoms with Gasteiger partial charge < -0.3 is 26.0 Å². The summed E-state index contributed by atoms with van der Waals surface area (Å²) in [5.74, 6) is -0.223. The number of carbonyl (C=O) groups is 3. The van der Waals surface area contributed by atoms with E-state index in [9.17, 15) is 22.8 Å². The molecule has 14 nitrogen and oxygen atoms in total. The molecule has 0 radical (unpaired) electrons. The predicted molar refractivity (Wildman–Crippen MR) is 154 cm³/mol. The van der Waals surface area contributed by atoms with Crippen LogP contribution in [0, 0.1) is 11.3 Å². The highest BCUT2D eigenvalue weighted by Gasteiger charge is 2.38. The van der Waals surface area contributed by atoms with Crippen molar-refractivity contribution in [3.8, 4) is 17.3 Å². The molecule has 1 aliphatic heterocycles. The summed E-state index contributed by atoms with van der Waals surface area (Å²) < 4.78 is 43.6. The number of alkyl halides is 3. The molecule has 0 saturated carbocycles. The molecule has 5 rings (SSSR count). The lowest BCUT2D eigenvalue weighted by Crippen LogP contribution is -2.49. The maximum atomic E-state index is 13.7. The molecule has 17 heteroatoms. The number of imidazole rings is 1. The van der Waals surface area contributed by atoms with Crippen LogP contribution in [0.3, 0.4) is 0 Å². The highest BCUT2D eigenvalue weighted by atomic mass is 19.4. The number of nitriles is 1. The third-order valence-corrected chi connectivity index (χ3v) is 6.83. The fraction of sp³-hybridized carbons (Fsp3) is 0.321. The third kappa shape index (κ3) is 7.54. The van der Waals surface area contributed by atoms with E-state index in [0.717, 1.165) is 29.5 Å². The average molecular weight is 627 g/mol. The molecule has 4 heterocycles. The van der Waals surface area contributed by atoms with Crippen LogP contribution >= 0.6 is 0 Å². The number of nitrogens with zero attached hydrogens (tertiary/aromatic N) is 7. The number of aryl methyl sites for hydroxylation is 1. The molecule has 4 N–H and O–H groups in total. The number of carbonyl (C=O) groups excluding carboxylic acids is 2. The Balaban J connectivity index is 0.00000148. The zero-order valence-electron chi connectivity index (χ0n) is 24.0. The van der Waals surface area contributed by atoms with Crippen LogP contribution in [-0.4, -0.2) is 85.2 Å². The van der Waals surface area contributed by atoms with E-state index in [-0.39, 0.29) is 54.1 Å². The van der Waals surface area contributed by atoms with Gasteiger partial charge in [0, 0.05) is 56.0 Å². The van der Waals surface area contributed by atoms with Gasteiger partial charge >= 0.3 is 6.18 Å². The topological polar surface area (TPSA) is 183 Å². The van der Waals surface area contributed by atoms with Crippen LogP contribution < -0.4 is 16.0 Å². The molecule has 4 aromatic rings. The zero-order chi connectivity index (χ0) is 32.6. The molecule has 0 spiro atoms. The van der Waals surface area contributed by atoms with Crippen LogP contribution in [0.15, 0.2) is 43.0 Å². The van der Waals surface area contributed by atoms with Crippen molar-refractivity contribution in [2.75, 3.05) is 38.0 Å². The number of nitrogens with one attached hydrogen (secondary N) is 3. The van der Waals surface area contributed by atoms with Crippen LogP contribution in [0.25, 0.3) is 16.9 Å². The molecule has 3 aromatic heterocycles. The van der Waals surface area contributed by atoms with Crippen molar-refractivity contribution in [3.63, 3.8) is 0 Å². The predicted octanol–water partition coefficient (Wildman–Crippen LogP) is 2.30. The van der Waals surface area contributed by atoms with Crippen molar-refractivity contribution in [1.29, 1.82) is 5.26 Å². The highest BCUT2D eigenvalue weighted by Crippen LogP contribution is 2.37. The number of hydrogen-bond donors (Lipinski definition) is 4. The summed E-state index contributed by atoms with van der Waals surface area (Å²) in [6.07, 6.45) is 1.15. The summed E-state index contributed by atoms with van der Waals surface area (Å²) in [5.41, 5.74) is 0.789. The largest absolute Gasteiger partial charge is 0.483 e. The fourth-order valence-corrected chi connectivity index (χ4v) is 4.78. The smallest absolute Gasteiger partial charge is 0.435 e. The number of carboxylic acid groups (broad SMARTS) is 1. The molecule has 0 aliphatic carbocycles. The van der Waals surface area contributed by atoms with Gasteiger partial charge in [-0.3, -0.25) is 23.5 Å². The van der Waals surface area contributed by atoms with Crippen LogP contribution in [0.2, 0.25) is 0 Å². The first kappa shape index (κ1) is 32.4. The van der Waals surface area contributed by atoms with E-state index in [0.29, 0.717) is 30.8 Å². The standard InChI is InChI=1S/C27H27F3N10O2.CH2O2/c1-2-17-13-18(3-4-19(17)26(42)35-15-22(41)38-10-6-32-7-11-38)36-24-25-34-14-21(40(25)12-8-33-24)20-16-39(9-5-31)37-23(20)27(28,29)30;2-1-3/h3-4,8,12-14,16,32H,2,6-7,9-11,15H2,1H3,(H,33,36)(H,35,42);1H,(H,2,3). The van der Waals surface area contributed by atoms with Gasteiger partial charge in [0.05, 0.1) is 30.1 Å². The van der Waals surface area contributed by atoms with Crippen molar-refractivity contribution in [1.82, 2.24) is 39.7 Å². The minimum absolute atomic E-state index is 0.0956. The molecule has 45 heavy (non-hydrogen) atoms. The summed E-state index contributed by atoms with van der Waals surface area (Å²) in [6, 6.07) is 6.88. The minimum atomic E-state index is -4.74. The Morgan fingerprint density at radius 1 is 1.22 bits per heavy atom. The van der Waals surface area contributed by atoms with Crippen molar-refractivity contribution in [3.05, 3.63) is 59.8 Å². The normalized spacial score (nSPS) is 13.0. The number of hydrogen-bond acceptors (Lipinski definition) is 9. The summed E-state index contributed by atoms with van der Waals surface area (Å²) in [6.45, 7) is 3.85. The van der Waals surface area contributed by atoms with E-state index >= 15 is 0 Å². The van der Waals surface area contributed by atoms with Crippen LogP contribution in [-0.2, 0) is 28.7 Å². The Morgan fingerprint density at radius 3 is 2.62 bits per heavy atom. The lowest BCUT2D eigenvalue weighted by atomic mass is 10.0. The molecular formula is C28H29F3N10O4. The van der Waals surface area contributed by atoms with E-state index in [1.807, 2.05) is 6.92 Å². The van der Waals surface area contributed by atoms with Crippen molar-refractivity contribution < 1.29 is 32.7 Å². The number of rotatable bonds is 8. The average Bonchev–Trinajstić information content (AvgIpc) is 3.66. The molecule has 0 bridgehead atoms. The Hall–Kier alpha value is -5.50. The first-order chi connectivity index (χ1) is 21.6. The first-order valence-electron chi connectivity index (χ1n) is 13.7. The number of piperazine rings is 1. The third-order valence-electron chi connectivity index (χ3n) is 6.83. The lowest BCUT2D eigenvalue weighted by molar-refractivity contribution is -0.141. The van der Waals surface area contributed by atoms with E-state index < -0.39 is 11.9 Å². The number of halogens is 3. The van der Waals surface area contributed by atoms with Gasteiger partial charge in [0.15, 0.2) is 17.2 Å². The summed E-state index contributed by atoms with van der Waals surface area (Å²) in [7, 11) is 0. The van der Waals surface area contributed by atoms with E-state index in [1.54, 1.807) is 29.2 Å². The number of aromatic nitrogens is 5. The van der Waals surface area contributed by atoms with Gasteiger partial charge in [-0.2, -0.15) is 23.5 Å². The van der Waals surface area contributed by atoms with Crippen molar-refractivity contribution in [2.45, 2.75) is 26.1 Å². The fourth-order valence-electron chi connectivity index (χ4n) is 4.78. The molecular weight excluding hydrogens is 597 g/mol. The van der Waals surface area contributed by atoms with Crippen molar-refractivity contribution >= 4 is 35.4 Å². The van der Waals surface area contributed by atoms with Gasteiger partial charge in [-0.15, -0.1) is 0 Å². The minimum Gasteiger partial charge on any atom is -0.483 e. The second kappa shape index (κ2) is 14.3. The first-order valence-corrected chi connectivity index (χ1v) is 13.7. The van der Waals surface area contributed by atoms with Crippen LogP contribution in [0.5, 0.6) is 0 Å². The number of amides is 2. The lowest BCUT2D eigenvalue weighted by Gasteiger charge is -2.27. The Labute approximate surface area is 254 Å². The Bertz CT molecular complexity index is 1720. The highest BCUT2D eigenvalue weighted by molar-refractivity contribution is 5.98. The van der Waals surface area contributed by atoms with Crippen molar-refractivity contribution in [2.24, 2.45) is 0 Å². The maximum absolute atomic E-state index is 13.7. The summed E-state index contributed by atoms with van der Waals surface area (Å²) >= 11 is 0. The molecule has 2 amide bonds. The Morgan fingerprint density at radius 2 is 1.96 bits per heavy atom.